The summed E-state index contributed by atoms with van der Waals surface area (Å²) in [5.74, 6) is 1.38. The lowest BCUT2D eigenvalue weighted by atomic mass is 10.4. The Morgan fingerprint density at radius 2 is 2.43 bits per heavy atom. The number of anilines is 1. The first kappa shape index (κ1) is 9.52. The van der Waals surface area contributed by atoms with Crippen molar-refractivity contribution in [3.8, 4) is 5.88 Å². The molecule has 0 spiro atoms. The van der Waals surface area contributed by atoms with E-state index in [2.05, 4.69) is 14.9 Å². The molecule has 0 aliphatic carbocycles. The topological polar surface area (TPSA) is 38.2 Å². The van der Waals surface area contributed by atoms with Gasteiger partial charge in [0.1, 0.15) is 0 Å². The summed E-state index contributed by atoms with van der Waals surface area (Å²) >= 11 is 6.01. The molecule has 1 aliphatic heterocycles. The molecule has 0 N–H and O–H groups in total. The lowest BCUT2D eigenvalue weighted by Gasteiger charge is -2.15. The third-order valence-electron chi connectivity index (χ3n) is 2.26. The van der Waals surface area contributed by atoms with Gasteiger partial charge in [-0.05, 0) is 6.42 Å². The van der Waals surface area contributed by atoms with E-state index >= 15 is 0 Å². The molecule has 1 unspecified atom stereocenters. The number of aromatic nitrogens is 2. The molecule has 0 amide bonds. The van der Waals surface area contributed by atoms with Crippen molar-refractivity contribution in [2.45, 2.75) is 11.8 Å². The smallest absolute Gasteiger partial charge is 0.233 e. The van der Waals surface area contributed by atoms with Crippen molar-refractivity contribution in [1.29, 1.82) is 0 Å². The highest BCUT2D eigenvalue weighted by atomic mass is 35.5. The summed E-state index contributed by atoms with van der Waals surface area (Å²) in [5, 5.41) is 0.225. The number of hydrogen-bond acceptors (Lipinski definition) is 4. The molecule has 0 aromatic carbocycles. The third-order valence-corrected chi connectivity index (χ3v) is 2.62. The molecule has 14 heavy (non-hydrogen) atoms. The minimum atomic E-state index is 0.225. The highest BCUT2D eigenvalue weighted by molar-refractivity contribution is 6.21. The maximum Gasteiger partial charge on any atom is 0.233 e. The summed E-state index contributed by atoms with van der Waals surface area (Å²) < 4.78 is 5.01. The highest BCUT2D eigenvalue weighted by Crippen LogP contribution is 2.21. The van der Waals surface area contributed by atoms with E-state index in [1.165, 1.54) is 0 Å². The molecule has 1 fully saturated rings. The quantitative estimate of drug-likeness (QED) is 0.695. The van der Waals surface area contributed by atoms with Crippen molar-refractivity contribution >= 4 is 17.4 Å². The highest BCUT2D eigenvalue weighted by Gasteiger charge is 2.21. The number of rotatable bonds is 2. The van der Waals surface area contributed by atoms with Gasteiger partial charge in [-0.2, -0.15) is 4.98 Å². The number of ether oxygens (including phenoxy) is 1. The Labute approximate surface area is 87.9 Å². The van der Waals surface area contributed by atoms with Crippen molar-refractivity contribution in [3.63, 3.8) is 0 Å². The van der Waals surface area contributed by atoms with Crippen LogP contribution in [-0.2, 0) is 0 Å². The van der Waals surface area contributed by atoms with Gasteiger partial charge >= 0.3 is 0 Å². The van der Waals surface area contributed by atoms with Gasteiger partial charge in [0, 0.05) is 13.1 Å². The van der Waals surface area contributed by atoms with Crippen molar-refractivity contribution in [2.24, 2.45) is 0 Å². The maximum absolute atomic E-state index is 6.01. The Morgan fingerprint density at radius 3 is 3.07 bits per heavy atom. The number of hydrogen-bond donors (Lipinski definition) is 0. The van der Waals surface area contributed by atoms with Gasteiger partial charge in [0.2, 0.25) is 5.88 Å². The summed E-state index contributed by atoms with van der Waals surface area (Å²) in [5.41, 5.74) is 0. The maximum atomic E-state index is 6.01. The largest absolute Gasteiger partial charge is 0.480 e. The third kappa shape index (κ3) is 1.90. The van der Waals surface area contributed by atoms with E-state index in [4.69, 9.17) is 16.3 Å². The standard InChI is InChI=1S/C9H12ClN3O/c1-14-9-5-11-4-8(12-9)13-3-2-7(10)6-13/h4-5,7H,2-3,6H2,1H3. The zero-order valence-corrected chi connectivity index (χ0v) is 8.74. The van der Waals surface area contributed by atoms with E-state index in [0.717, 1.165) is 25.3 Å². The molecule has 0 bridgehead atoms. The second kappa shape index (κ2) is 4.00. The molecule has 1 aromatic heterocycles. The van der Waals surface area contributed by atoms with E-state index in [0.29, 0.717) is 5.88 Å². The Bertz CT molecular complexity index is 321. The fraction of sp³-hybridized carbons (Fsp3) is 0.556. The Kier molecular flexibility index (Phi) is 2.72. The zero-order chi connectivity index (χ0) is 9.97. The van der Waals surface area contributed by atoms with Crippen LogP contribution < -0.4 is 9.64 Å². The average Bonchev–Trinajstić information content (AvgIpc) is 2.65. The predicted molar refractivity (Wildman–Crippen MR) is 55.1 cm³/mol. The molecule has 1 saturated heterocycles. The lowest BCUT2D eigenvalue weighted by molar-refractivity contribution is 0.395. The van der Waals surface area contributed by atoms with E-state index in [1.54, 1.807) is 19.5 Å². The number of methoxy groups -OCH3 is 1. The number of alkyl halides is 1. The summed E-state index contributed by atoms with van der Waals surface area (Å²) in [6.45, 7) is 1.78. The van der Waals surface area contributed by atoms with Gasteiger partial charge in [-0.1, -0.05) is 0 Å². The molecule has 0 radical (unpaired) electrons. The predicted octanol–water partition coefficient (Wildman–Crippen LogP) is 1.30. The van der Waals surface area contributed by atoms with Gasteiger partial charge in [-0.15, -0.1) is 11.6 Å². The first-order valence-electron chi connectivity index (χ1n) is 4.54. The minimum absolute atomic E-state index is 0.225. The second-order valence-corrected chi connectivity index (χ2v) is 3.87. The molecule has 1 aliphatic rings. The molecule has 5 heteroatoms. The molecule has 2 rings (SSSR count). The van der Waals surface area contributed by atoms with Crippen LogP contribution in [0, 0.1) is 0 Å². The van der Waals surface area contributed by atoms with E-state index in [9.17, 15) is 0 Å². The number of nitrogens with zero attached hydrogens (tertiary/aromatic N) is 3. The van der Waals surface area contributed by atoms with Crippen molar-refractivity contribution in [2.75, 3.05) is 25.1 Å². The fourth-order valence-corrected chi connectivity index (χ4v) is 1.78. The molecule has 2 heterocycles. The zero-order valence-electron chi connectivity index (χ0n) is 7.98. The lowest BCUT2D eigenvalue weighted by Crippen LogP contribution is -2.21. The summed E-state index contributed by atoms with van der Waals surface area (Å²) in [4.78, 5) is 10.5. The van der Waals surface area contributed by atoms with Crippen molar-refractivity contribution < 1.29 is 4.74 Å². The molecule has 76 valence electrons. The molecular weight excluding hydrogens is 202 g/mol. The van der Waals surface area contributed by atoms with Crippen LogP contribution in [0.4, 0.5) is 5.82 Å². The normalized spacial score (nSPS) is 21.3. The molecule has 1 atom stereocenters. The average molecular weight is 214 g/mol. The molecule has 4 nitrogen and oxygen atoms in total. The van der Waals surface area contributed by atoms with E-state index in [-0.39, 0.29) is 5.38 Å². The van der Waals surface area contributed by atoms with Gasteiger partial charge in [0.15, 0.2) is 5.82 Å². The van der Waals surface area contributed by atoms with Crippen LogP contribution in [0.25, 0.3) is 0 Å². The summed E-state index contributed by atoms with van der Waals surface area (Å²) in [6, 6.07) is 0. The second-order valence-electron chi connectivity index (χ2n) is 3.25. The Morgan fingerprint density at radius 1 is 1.57 bits per heavy atom. The van der Waals surface area contributed by atoms with Crippen LogP contribution in [0.1, 0.15) is 6.42 Å². The minimum Gasteiger partial charge on any atom is -0.480 e. The van der Waals surface area contributed by atoms with Crippen LogP contribution in [-0.4, -0.2) is 35.5 Å². The fourth-order valence-electron chi connectivity index (χ4n) is 1.51. The van der Waals surface area contributed by atoms with E-state index < -0.39 is 0 Å². The van der Waals surface area contributed by atoms with Crippen LogP contribution >= 0.6 is 11.6 Å². The first-order valence-corrected chi connectivity index (χ1v) is 4.98. The van der Waals surface area contributed by atoms with Crippen LogP contribution in [0.5, 0.6) is 5.88 Å². The van der Waals surface area contributed by atoms with Gasteiger partial charge < -0.3 is 9.64 Å². The SMILES string of the molecule is COc1cncc(N2CCC(Cl)C2)n1. The van der Waals surface area contributed by atoms with Crippen LogP contribution in [0.3, 0.4) is 0 Å². The van der Waals surface area contributed by atoms with Crippen LogP contribution in [0.15, 0.2) is 12.4 Å². The van der Waals surface area contributed by atoms with Gasteiger partial charge in [0.05, 0.1) is 24.9 Å². The Hall–Kier alpha value is -1.03. The molecular formula is C9H12ClN3O. The van der Waals surface area contributed by atoms with Gasteiger partial charge in [0.25, 0.3) is 0 Å². The Balaban J connectivity index is 2.15. The molecule has 1 aromatic rings. The van der Waals surface area contributed by atoms with Gasteiger partial charge in [-0.3, -0.25) is 4.98 Å². The molecule has 0 saturated carbocycles. The monoisotopic (exact) mass is 213 g/mol. The van der Waals surface area contributed by atoms with Crippen molar-refractivity contribution in [1.82, 2.24) is 9.97 Å². The summed E-state index contributed by atoms with van der Waals surface area (Å²) in [7, 11) is 1.59. The summed E-state index contributed by atoms with van der Waals surface area (Å²) in [6.07, 6.45) is 4.33. The van der Waals surface area contributed by atoms with E-state index in [1.807, 2.05) is 0 Å². The van der Waals surface area contributed by atoms with Crippen molar-refractivity contribution in [3.05, 3.63) is 12.4 Å². The van der Waals surface area contributed by atoms with Crippen LogP contribution in [0.2, 0.25) is 0 Å². The first-order chi connectivity index (χ1) is 6.79. The number of halogens is 1. The van der Waals surface area contributed by atoms with Gasteiger partial charge in [-0.25, -0.2) is 0 Å².